The van der Waals surface area contributed by atoms with Gasteiger partial charge in [0.15, 0.2) is 0 Å². The van der Waals surface area contributed by atoms with Gasteiger partial charge in [0.05, 0.1) is 0 Å². The number of ether oxygens (including phenoxy) is 1. The van der Waals surface area contributed by atoms with Crippen molar-refractivity contribution in [1.29, 1.82) is 0 Å². The lowest BCUT2D eigenvalue weighted by Crippen LogP contribution is -2.70. The Labute approximate surface area is 167 Å². The maximum Gasteiger partial charge on any atom is 0.471 e. The normalized spacial score (nSPS) is 14.8. The van der Waals surface area contributed by atoms with Gasteiger partial charge in [0.2, 0.25) is 0 Å². The minimum Gasteiger partial charge on any atom is -0.428 e. The summed E-state index contributed by atoms with van der Waals surface area (Å²) in [6, 6.07) is 3.16. The molecule has 0 fully saturated rings. The Kier molecular flexibility index (Phi) is 6.99. The fourth-order valence-electron chi connectivity index (χ4n) is 1.80. The Morgan fingerprint density at radius 2 is 1.03 bits per heavy atom. The molecule has 1 aromatic carbocycles. The first-order chi connectivity index (χ1) is 12.8. The van der Waals surface area contributed by atoms with Gasteiger partial charge in [-0.1, -0.05) is 34.7 Å². The summed E-state index contributed by atoms with van der Waals surface area (Å²) < 4.78 is 172. The van der Waals surface area contributed by atoms with Crippen molar-refractivity contribution in [1.82, 2.24) is 0 Å². The standard InChI is InChI=1S/C14H8F13IO/c15-9(16,11(19,20)13(23,24)25)10(17,18)12(21,22)14(26,27)29-8-3-1-7(2-4-8)5-6-28/h1-4H,5-6H2. The lowest BCUT2D eigenvalue weighted by molar-refractivity contribution is -0.456. The summed E-state index contributed by atoms with van der Waals surface area (Å²) in [7, 11) is 0. The van der Waals surface area contributed by atoms with Gasteiger partial charge in [-0.25, -0.2) is 0 Å². The Morgan fingerprint density at radius 3 is 1.41 bits per heavy atom. The molecule has 1 nitrogen and oxygen atoms in total. The molecule has 0 saturated carbocycles. The van der Waals surface area contributed by atoms with Gasteiger partial charge in [0, 0.05) is 4.43 Å². The van der Waals surface area contributed by atoms with E-state index in [1.54, 1.807) is 0 Å². The highest BCUT2D eigenvalue weighted by Gasteiger charge is 2.91. The second-order valence-electron chi connectivity index (χ2n) is 5.50. The molecule has 0 aliphatic heterocycles. The maximum atomic E-state index is 13.5. The van der Waals surface area contributed by atoms with Crippen LogP contribution in [0.2, 0.25) is 0 Å². The smallest absolute Gasteiger partial charge is 0.428 e. The molecule has 1 aromatic rings. The van der Waals surface area contributed by atoms with E-state index < -0.39 is 41.7 Å². The van der Waals surface area contributed by atoms with Crippen LogP contribution < -0.4 is 4.74 Å². The van der Waals surface area contributed by atoms with Crippen LogP contribution in [0, 0.1) is 0 Å². The van der Waals surface area contributed by atoms with Crippen molar-refractivity contribution in [3.8, 4) is 5.75 Å². The highest BCUT2D eigenvalue weighted by molar-refractivity contribution is 14.1. The van der Waals surface area contributed by atoms with E-state index in [0.717, 1.165) is 12.1 Å². The molecule has 1 rings (SSSR count). The van der Waals surface area contributed by atoms with E-state index in [-0.39, 0.29) is 0 Å². The molecule has 0 spiro atoms. The van der Waals surface area contributed by atoms with Gasteiger partial charge in [-0.3, -0.25) is 0 Å². The molecule has 0 radical (unpaired) electrons. The van der Waals surface area contributed by atoms with Crippen molar-refractivity contribution in [2.45, 2.75) is 42.4 Å². The molecule has 0 N–H and O–H groups in total. The Hall–Kier alpha value is -1.16. The van der Waals surface area contributed by atoms with Gasteiger partial charge in [-0.15, -0.1) is 0 Å². The van der Waals surface area contributed by atoms with Crippen LogP contribution >= 0.6 is 22.6 Å². The van der Waals surface area contributed by atoms with Crippen LogP contribution in [0.3, 0.4) is 0 Å². The van der Waals surface area contributed by atoms with E-state index in [4.69, 9.17) is 0 Å². The van der Waals surface area contributed by atoms with Gasteiger partial charge in [0.25, 0.3) is 0 Å². The third kappa shape index (κ3) is 4.33. The first-order valence-electron chi connectivity index (χ1n) is 7.06. The summed E-state index contributed by atoms with van der Waals surface area (Å²) in [4.78, 5) is 0. The number of alkyl halides is 14. The van der Waals surface area contributed by atoms with Gasteiger partial charge < -0.3 is 4.74 Å². The van der Waals surface area contributed by atoms with E-state index in [1.807, 2.05) is 22.6 Å². The predicted molar refractivity (Wildman–Crippen MR) is 80.5 cm³/mol. The second kappa shape index (κ2) is 7.83. The van der Waals surface area contributed by atoms with Crippen molar-refractivity contribution < 1.29 is 61.8 Å². The first kappa shape index (κ1) is 25.9. The Balaban J connectivity index is 3.31. The van der Waals surface area contributed by atoms with Crippen molar-refractivity contribution in [2.75, 3.05) is 4.43 Å². The molecule has 0 atom stereocenters. The fraction of sp³-hybridized carbons (Fsp3) is 0.571. The quantitative estimate of drug-likeness (QED) is 0.193. The zero-order valence-corrected chi connectivity index (χ0v) is 15.6. The van der Waals surface area contributed by atoms with E-state index in [0.29, 0.717) is 28.5 Å². The Morgan fingerprint density at radius 1 is 0.621 bits per heavy atom. The monoisotopic (exact) mass is 566 g/mol. The lowest BCUT2D eigenvalue weighted by Gasteiger charge is -2.39. The highest BCUT2D eigenvalue weighted by Crippen LogP contribution is 2.60. The largest absolute Gasteiger partial charge is 0.471 e. The molecule has 0 heterocycles. The minimum absolute atomic E-state index is 0.365. The molecular weight excluding hydrogens is 558 g/mol. The van der Waals surface area contributed by atoms with E-state index >= 15 is 0 Å². The van der Waals surface area contributed by atoms with Crippen LogP contribution in [-0.4, -0.2) is 40.4 Å². The molecule has 0 bridgehead atoms. The molecule has 0 aliphatic carbocycles. The molecule has 0 unspecified atom stereocenters. The van der Waals surface area contributed by atoms with Crippen molar-refractivity contribution in [3.63, 3.8) is 0 Å². The van der Waals surface area contributed by atoms with Crippen LogP contribution in [0.15, 0.2) is 24.3 Å². The van der Waals surface area contributed by atoms with Crippen LogP contribution in [0.5, 0.6) is 5.75 Å². The first-order valence-corrected chi connectivity index (χ1v) is 8.58. The molecule has 168 valence electrons. The predicted octanol–water partition coefficient (Wildman–Crippen LogP) is 6.74. The van der Waals surface area contributed by atoms with Crippen molar-refractivity contribution in [2.24, 2.45) is 0 Å². The SMILES string of the molecule is FC(F)(F)C(F)(F)C(F)(F)C(F)(F)C(F)(F)C(F)(F)Oc1ccc(CCI)cc1. The Bertz CT molecular complexity index is 696. The number of benzene rings is 1. The molecule has 29 heavy (non-hydrogen) atoms. The number of halogens is 14. The summed E-state index contributed by atoms with van der Waals surface area (Å²) in [6.45, 7) is 0. The lowest BCUT2D eigenvalue weighted by atomic mass is 9.97. The van der Waals surface area contributed by atoms with Crippen molar-refractivity contribution in [3.05, 3.63) is 29.8 Å². The summed E-state index contributed by atoms with van der Waals surface area (Å²) in [5.74, 6) is -32.3. The average Bonchev–Trinajstić information content (AvgIpc) is 2.55. The summed E-state index contributed by atoms with van der Waals surface area (Å²) in [5.41, 5.74) is 0.448. The van der Waals surface area contributed by atoms with E-state index in [9.17, 15) is 57.1 Å². The minimum atomic E-state index is -7.95. The molecule has 0 saturated heterocycles. The summed E-state index contributed by atoms with van der Waals surface area (Å²) in [6.07, 6.45) is -13.7. The fourth-order valence-corrected chi connectivity index (χ4v) is 2.42. The average molecular weight is 566 g/mol. The van der Waals surface area contributed by atoms with Crippen molar-refractivity contribution >= 4 is 22.6 Å². The molecule has 0 amide bonds. The molecule has 0 aliphatic rings. The van der Waals surface area contributed by atoms with Crippen LogP contribution in [0.1, 0.15) is 5.56 Å². The summed E-state index contributed by atoms with van der Waals surface area (Å²) >= 11 is 1.91. The number of rotatable bonds is 8. The van der Waals surface area contributed by atoms with Gasteiger partial charge in [-0.2, -0.15) is 57.1 Å². The van der Waals surface area contributed by atoms with Crippen LogP contribution in [0.25, 0.3) is 0 Å². The maximum absolute atomic E-state index is 13.5. The van der Waals surface area contributed by atoms with Crippen LogP contribution in [-0.2, 0) is 6.42 Å². The molecule has 15 heteroatoms. The number of hydrogen-bond acceptors (Lipinski definition) is 1. The third-order valence-electron chi connectivity index (χ3n) is 3.46. The van der Waals surface area contributed by atoms with Gasteiger partial charge in [-0.05, 0) is 24.1 Å². The van der Waals surface area contributed by atoms with Gasteiger partial charge >= 0.3 is 36.0 Å². The second-order valence-corrected chi connectivity index (χ2v) is 6.58. The van der Waals surface area contributed by atoms with Crippen LogP contribution in [0.4, 0.5) is 57.1 Å². The zero-order chi connectivity index (χ0) is 23.1. The molecular formula is C14H8F13IO. The van der Waals surface area contributed by atoms with E-state index in [2.05, 4.69) is 4.74 Å². The number of hydrogen-bond donors (Lipinski definition) is 0. The van der Waals surface area contributed by atoms with Gasteiger partial charge in [0.1, 0.15) is 5.75 Å². The highest BCUT2D eigenvalue weighted by atomic mass is 127. The number of aryl methyl sites for hydroxylation is 1. The molecule has 0 aromatic heterocycles. The van der Waals surface area contributed by atoms with E-state index in [1.165, 1.54) is 0 Å². The third-order valence-corrected chi connectivity index (χ3v) is 4.00. The topological polar surface area (TPSA) is 9.23 Å². The summed E-state index contributed by atoms with van der Waals surface area (Å²) in [5, 5.41) is 0. The zero-order valence-electron chi connectivity index (χ0n) is 13.4.